The number of carbonyl (C=O) groups is 2. The zero-order valence-electron chi connectivity index (χ0n) is 17.1. The highest BCUT2D eigenvalue weighted by Gasteiger charge is 2.29. The van der Waals surface area contributed by atoms with E-state index in [2.05, 4.69) is 14.9 Å². The van der Waals surface area contributed by atoms with E-state index in [-0.39, 0.29) is 17.8 Å². The Morgan fingerprint density at radius 3 is 2.74 bits per heavy atom. The highest BCUT2D eigenvalue weighted by atomic mass is 35.5. The van der Waals surface area contributed by atoms with Crippen molar-refractivity contribution in [2.45, 2.75) is 31.8 Å². The van der Waals surface area contributed by atoms with Crippen molar-refractivity contribution < 1.29 is 19.1 Å². The van der Waals surface area contributed by atoms with Crippen molar-refractivity contribution in [3.63, 3.8) is 0 Å². The van der Waals surface area contributed by atoms with Gasteiger partial charge in [-0.2, -0.15) is 9.98 Å². The van der Waals surface area contributed by atoms with Gasteiger partial charge in [0.15, 0.2) is 17.3 Å². The summed E-state index contributed by atoms with van der Waals surface area (Å²) >= 11 is 6.48. The SMILES string of the molecule is CC(=O)c1ccc2c(c1)OCC(CN1CCC(c3c(Cl)ccc4c3=NC(=O)N=4)CC1)O2. The zero-order chi connectivity index (χ0) is 21.5. The fourth-order valence-electron chi connectivity index (χ4n) is 4.51. The van der Waals surface area contributed by atoms with Gasteiger partial charge >= 0.3 is 6.03 Å². The van der Waals surface area contributed by atoms with Gasteiger partial charge < -0.3 is 9.47 Å². The van der Waals surface area contributed by atoms with Crippen molar-refractivity contribution in [2.24, 2.45) is 9.98 Å². The summed E-state index contributed by atoms with van der Waals surface area (Å²) < 4.78 is 12.0. The molecule has 0 saturated carbocycles. The number of hydrogen-bond donors (Lipinski definition) is 0. The van der Waals surface area contributed by atoms with Gasteiger partial charge in [-0.1, -0.05) is 11.6 Å². The molecule has 0 bridgehead atoms. The van der Waals surface area contributed by atoms with Gasteiger partial charge in [-0.15, -0.1) is 0 Å². The van der Waals surface area contributed by atoms with Crippen LogP contribution in [0.5, 0.6) is 11.5 Å². The van der Waals surface area contributed by atoms with Crippen LogP contribution in [0.15, 0.2) is 40.3 Å². The van der Waals surface area contributed by atoms with Gasteiger partial charge in [0.2, 0.25) is 0 Å². The minimum absolute atomic E-state index is 0.00592. The maximum absolute atomic E-state index is 11.6. The second kappa shape index (κ2) is 8.05. The van der Waals surface area contributed by atoms with Crippen LogP contribution >= 0.6 is 11.6 Å². The number of Topliss-reactive ketones (excluding diaryl/α,β-unsaturated/α-hetero) is 1. The van der Waals surface area contributed by atoms with Crippen LogP contribution in [0, 0.1) is 0 Å². The Morgan fingerprint density at radius 2 is 1.97 bits per heavy atom. The van der Waals surface area contributed by atoms with E-state index >= 15 is 0 Å². The Morgan fingerprint density at radius 1 is 1.16 bits per heavy atom. The molecule has 2 amide bonds. The predicted molar refractivity (Wildman–Crippen MR) is 114 cm³/mol. The Labute approximate surface area is 184 Å². The van der Waals surface area contributed by atoms with E-state index in [0.717, 1.165) is 38.0 Å². The number of benzene rings is 2. The van der Waals surface area contributed by atoms with Crippen molar-refractivity contribution in [3.05, 3.63) is 57.2 Å². The molecule has 2 aromatic carbocycles. The second-order valence-corrected chi connectivity index (χ2v) is 8.59. The smallest absolute Gasteiger partial charge is 0.368 e. The molecule has 8 heteroatoms. The van der Waals surface area contributed by atoms with Crippen molar-refractivity contribution >= 4 is 23.4 Å². The number of likely N-dealkylation sites (tertiary alicyclic amines) is 1. The highest BCUT2D eigenvalue weighted by molar-refractivity contribution is 6.31. The van der Waals surface area contributed by atoms with Gasteiger partial charge in [0.1, 0.15) is 12.7 Å². The number of ether oxygens (including phenoxy) is 2. The third kappa shape index (κ3) is 3.95. The molecule has 0 aliphatic carbocycles. The lowest BCUT2D eigenvalue weighted by molar-refractivity contribution is 0.0513. The van der Waals surface area contributed by atoms with E-state index in [1.54, 1.807) is 24.3 Å². The van der Waals surface area contributed by atoms with E-state index in [0.29, 0.717) is 39.4 Å². The molecule has 0 aromatic heterocycles. The molecule has 5 rings (SSSR count). The van der Waals surface area contributed by atoms with Gasteiger partial charge in [0.05, 0.1) is 10.7 Å². The van der Waals surface area contributed by atoms with Crippen LogP contribution in [0.3, 0.4) is 0 Å². The number of amides is 2. The first-order valence-electron chi connectivity index (χ1n) is 10.4. The summed E-state index contributed by atoms with van der Waals surface area (Å²) in [5.41, 5.74) is 1.57. The van der Waals surface area contributed by atoms with Gasteiger partial charge in [-0.3, -0.25) is 9.69 Å². The van der Waals surface area contributed by atoms with Crippen molar-refractivity contribution in [1.29, 1.82) is 0 Å². The van der Waals surface area contributed by atoms with Crippen LogP contribution in [0.2, 0.25) is 5.02 Å². The van der Waals surface area contributed by atoms with Crippen LogP contribution in [-0.2, 0) is 0 Å². The van der Waals surface area contributed by atoms with E-state index in [4.69, 9.17) is 21.1 Å². The van der Waals surface area contributed by atoms with E-state index in [1.807, 2.05) is 6.07 Å². The van der Waals surface area contributed by atoms with Crippen LogP contribution < -0.4 is 20.2 Å². The van der Waals surface area contributed by atoms with Crippen LogP contribution in [-0.4, -0.2) is 49.1 Å². The number of piperidine rings is 1. The lowest BCUT2D eigenvalue weighted by Gasteiger charge is -2.36. The number of fused-ring (bicyclic) bond motifs is 2. The van der Waals surface area contributed by atoms with Gasteiger partial charge in [0, 0.05) is 22.7 Å². The van der Waals surface area contributed by atoms with Crippen LogP contribution in [0.4, 0.5) is 4.79 Å². The largest absolute Gasteiger partial charge is 0.486 e. The Balaban J connectivity index is 1.23. The molecule has 3 aliphatic heterocycles. The Hall–Kier alpha value is -2.77. The molecule has 3 heterocycles. The summed E-state index contributed by atoms with van der Waals surface area (Å²) in [6.45, 7) is 4.54. The quantitative estimate of drug-likeness (QED) is 0.684. The average molecular weight is 440 g/mol. The first-order valence-corrected chi connectivity index (χ1v) is 10.8. The fraction of sp³-hybridized carbons (Fsp3) is 0.391. The summed E-state index contributed by atoms with van der Waals surface area (Å²) in [5.74, 6) is 1.56. The Bertz CT molecular complexity index is 1190. The third-order valence-electron chi connectivity index (χ3n) is 6.09. The highest BCUT2D eigenvalue weighted by Crippen LogP contribution is 2.34. The van der Waals surface area contributed by atoms with Crippen molar-refractivity contribution in [2.75, 3.05) is 26.2 Å². The monoisotopic (exact) mass is 439 g/mol. The molecule has 7 nitrogen and oxygen atoms in total. The van der Waals surface area contributed by atoms with Gasteiger partial charge in [-0.25, -0.2) is 4.79 Å². The average Bonchev–Trinajstić information content (AvgIpc) is 3.14. The van der Waals surface area contributed by atoms with Crippen LogP contribution in [0.1, 0.15) is 41.6 Å². The Kier molecular flexibility index (Phi) is 5.24. The van der Waals surface area contributed by atoms with E-state index in [1.165, 1.54) is 6.92 Å². The summed E-state index contributed by atoms with van der Waals surface area (Å²) in [5, 5.41) is 1.91. The van der Waals surface area contributed by atoms with Crippen LogP contribution in [0.25, 0.3) is 0 Å². The molecule has 0 radical (unpaired) electrons. The lowest BCUT2D eigenvalue weighted by atomic mass is 9.88. The minimum atomic E-state index is -0.457. The number of carbonyl (C=O) groups excluding carboxylic acids is 2. The molecule has 0 N–H and O–H groups in total. The molecule has 160 valence electrons. The molecule has 1 atom stereocenters. The fourth-order valence-corrected chi connectivity index (χ4v) is 4.81. The molecule has 0 spiro atoms. The molecular formula is C23H22ClN3O4. The first kappa shape index (κ1) is 20.2. The van der Waals surface area contributed by atoms with Gasteiger partial charge in [-0.05, 0) is 69.1 Å². The van der Waals surface area contributed by atoms with E-state index < -0.39 is 6.03 Å². The number of rotatable bonds is 4. The number of urea groups is 1. The molecule has 1 unspecified atom stereocenters. The van der Waals surface area contributed by atoms with Gasteiger partial charge in [0.25, 0.3) is 0 Å². The summed E-state index contributed by atoms with van der Waals surface area (Å²) in [6, 6.07) is 8.41. The molecule has 2 aromatic rings. The lowest BCUT2D eigenvalue weighted by Crippen LogP contribution is -2.44. The number of halogens is 1. The van der Waals surface area contributed by atoms with E-state index in [9.17, 15) is 9.59 Å². The minimum Gasteiger partial charge on any atom is -0.486 e. The standard InChI is InChI=1S/C23H22ClN3O4/c1-13(28)15-2-5-19-20(10-15)30-12-16(31-19)11-27-8-6-14(7-9-27)21-17(24)3-4-18-22(21)26-23(29)25-18/h2-5,10,14,16H,6-9,11-12H2,1H3. The number of ketones is 1. The summed E-state index contributed by atoms with van der Waals surface area (Å²) in [6.07, 6.45) is 1.78. The third-order valence-corrected chi connectivity index (χ3v) is 6.42. The molecule has 1 fully saturated rings. The normalized spacial score (nSPS) is 20.7. The first-order chi connectivity index (χ1) is 15.0. The molecule has 1 saturated heterocycles. The van der Waals surface area contributed by atoms with Crippen molar-refractivity contribution in [1.82, 2.24) is 4.90 Å². The topological polar surface area (TPSA) is 80.6 Å². The predicted octanol–water partition coefficient (Wildman–Crippen LogP) is 2.93. The van der Waals surface area contributed by atoms with Crippen molar-refractivity contribution in [3.8, 4) is 11.5 Å². The molecular weight excluding hydrogens is 418 g/mol. The number of nitrogens with zero attached hydrogens (tertiary/aromatic N) is 3. The second-order valence-electron chi connectivity index (χ2n) is 8.18. The zero-order valence-corrected chi connectivity index (χ0v) is 17.9. The maximum Gasteiger partial charge on any atom is 0.368 e. The summed E-state index contributed by atoms with van der Waals surface area (Å²) in [4.78, 5) is 33.6. The summed E-state index contributed by atoms with van der Waals surface area (Å²) in [7, 11) is 0. The maximum atomic E-state index is 11.6. The number of hydrogen-bond acceptors (Lipinski definition) is 5. The molecule has 3 aliphatic rings. The molecule has 31 heavy (non-hydrogen) atoms.